The van der Waals surface area contributed by atoms with Crippen molar-refractivity contribution < 1.29 is 4.79 Å². The number of carbonyl (C=O) groups excluding carboxylic acids is 1. The Hall–Kier alpha value is -2.55. The SMILES string of the molecule is C=CCC[C@@](C)(CN(C)c1ccccc1)[C@H]1C(=O)Nc2ccccc21. The quantitative estimate of drug-likeness (QED) is 0.736. The zero-order valence-electron chi connectivity index (χ0n) is 15.0. The number of fused-ring (bicyclic) bond motifs is 1. The fraction of sp³-hybridized carbons (Fsp3) is 0.318. The lowest BCUT2D eigenvalue weighted by molar-refractivity contribution is -0.119. The first-order valence-corrected chi connectivity index (χ1v) is 8.82. The van der Waals surface area contributed by atoms with Gasteiger partial charge in [-0.25, -0.2) is 0 Å². The van der Waals surface area contributed by atoms with Crippen LogP contribution in [-0.2, 0) is 4.79 Å². The van der Waals surface area contributed by atoms with Crippen LogP contribution in [-0.4, -0.2) is 19.5 Å². The third kappa shape index (κ3) is 3.46. The van der Waals surface area contributed by atoms with Crippen molar-refractivity contribution in [3.8, 4) is 0 Å². The molecular weight excluding hydrogens is 308 g/mol. The van der Waals surface area contributed by atoms with Gasteiger partial charge in [0.25, 0.3) is 0 Å². The molecule has 0 unspecified atom stereocenters. The van der Waals surface area contributed by atoms with Gasteiger partial charge in [-0.15, -0.1) is 6.58 Å². The molecule has 0 radical (unpaired) electrons. The lowest BCUT2D eigenvalue weighted by Gasteiger charge is -2.38. The number of para-hydroxylation sites is 2. The van der Waals surface area contributed by atoms with Crippen molar-refractivity contribution in [2.24, 2.45) is 5.41 Å². The molecule has 2 aromatic carbocycles. The van der Waals surface area contributed by atoms with Crippen LogP contribution in [0, 0.1) is 5.41 Å². The minimum absolute atomic E-state index is 0.106. The molecular formula is C22H26N2O. The summed E-state index contributed by atoms with van der Waals surface area (Å²) in [6.07, 6.45) is 3.75. The van der Waals surface area contributed by atoms with E-state index < -0.39 is 0 Å². The summed E-state index contributed by atoms with van der Waals surface area (Å²) < 4.78 is 0. The van der Waals surface area contributed by atoms with Gasteiger partial charge < -0.3 is 10.2 Å². The highest BCUT2D eigenvalue weighted by Crippen LogP contribution is 2.47. The first-order valence-electron chi connectivity index (χ1n) is 8.82. The Kier molecular flexibility index (Phi) is 4.93. The van der Waals surface area contributed by atoms with Crippen LogP contribution in [0.1, 0.15) is 31.2 Å². The maximum Gasteiger partial charge on any atom is 0.232 e. The number of amides is 1. The Morgan fingerprint density at radius 3 is 2.56 bits per heavy atom. The number of rotatable bonds is 7. The van der Waals surface area contributed by atoms with Crippen LogP contribution in [0.4, 0.5) is 11.4 Å². The summed E-state index contributed by atoms with van der Waals surface area (Å²) >= 11 is 0. The van der Waals surface area contributed by atoms with Crippen LogP contribution >= 0.6 is 0 Å². The van der Waals surface area contributed by atoms with E-state index in [1.807, 2.05) is 42.5 Å². The Labute approximate surface area is 150 Å². The van der Waals surface area contributed by atoms with Gasteiger partial charge in [0, 0.05) is 30.4 Å². The molecule has 1 aliphatic rings. The number of hydrogen-bond donors (Lipinski definition) is 1. The van der Waals surface area contributed by atoms with Gasteiger partial charge in [-0.1, -0.05) is 49.4 Å². The van der Waals surface area contributed by atoms with E-state index in [9.17, 15) is 4.79 Å². The fourth-order valence-corrected chi connectivity index (χ4v) is 3.96. The molecule has 3 rings (SSSR count). The van der Waals surface area contributed by atoms with Crippen molar-refractivity contribution in [2.45, 2.75) is 25.7 Å². The predicted octanol–water partition coefficient (Wildman–Crippen LogP) is 4.83. The largest absolute Gasteiger partial charge is 0.374 e. The average Bonchev–Trinajstić information content (AvgIpc) is 2.97. The van der Waals surface area contributed by atoms with Crippen molar-refractivity contribution in [1.29, 1.82) is 0 Å². The highest BCUT2D eigenvalue weighted by atomic mass is 16.2. The van der Waals surface area contributed by atoms with Crippen molar-refractivity contribution in [1.82, 2.24) is 0 Å². The molecule has 1 aliphatic heterocycles. The number of hydrogen-bond acceptors (Lipinski definition) is 2. The van der Waals surface area contributed by atoms with Crippen molar-refractivity contribution >= 4 is 17.3 Å². The lowest BCUT2D eigenvalue weighted by Crippen LogP contribution is -2.40. The molecule has 1 N–H and O–H groups in total. The van der Waals surface area contributed by atoms with Gasteiger partial charge >= 0.3 is 0 Å². The van der Waals surface area contributed by atoms with E-state index in [2.05, 4.69) is 49.0 Å². The van der Waals surface area contributed by atoms with E-state index in [4.69, 9.17) is 0 Å². The molecule has 0 aliphatic carbocycles. The fourth-order valence-electron chi connectivity index (χ4n) is 3.96. The van der Waals surface area contributed by atoms with Gasteiger partial charge in [-0.3, -0.25) is 4.79 Å². The van der Waals surface area contributed by atoms with Crippen molar-refractivity contribution in [2.75, 3.05) is 23.8 Å². The van der Waals surface area contributed by atoms with E-state index in [0.29, 0.717) is 0 Å². The summed E-state index contributed by atoms with van der Waals surface area (Å²) in [7, 11) is 2.10. The zero-order valence-corrected chi connectivity index (χ0v) is 15.0. The van der Waals surface area contributed by atoms with Crippen molar-refractivity contribution in [3.05, 3.63) is 72.8 Å². The van der Waals surface area contributed by atoms with E-state index >= 15 is 0 Å². The molecule has 25 heavy (non-hydrogen) atoms. The molecule has 0 aromatic heterocycles. The van der Waals surface area contributed by atoms with Gasteiger partial charge in [0.1, 0.15) is 0 Å². The molecule has 0 saturated carbocycles. The Morgan fingerprint density at radius 1 is 1.16 bits per heavy atom. The minimum Gasteiger partial charge on any atom is -0.374 e. The van der Waals surface area contributed by atoms with Gasteiger partial charge in [0.2, 0.25) is 5.91 Å². The molecule has 1 amide bonds. The molecule has 0 bridgehead atoms. The zero-order chi connectivity index (χ0) is 17.9. The summed E-state index contributed by atoms with van der Waals surface area (Å²) in [6, 6.07) is 18.4. The number of nitrogens with zero attached hydrogens (tertiary/aromatic N) is 1. The standard InChI is InChI=1S/C22H26N2O/c1-4-5-15-22(2,16-24(3)17-11-7-6-8-12-17)20-18-13-9-10-14-19(18)23-21(20)25/h4,6-14,20H,1,5,15-16H2,2-3H3,(H,23,25)/t20-,22+/m1/s1. The van der Waals surface area contributed by atoms with Gasteiger partial charge in [-0.2, -0.15) is 0 Å². The lowest BCUT2D eigenvalue weighted by atomic mass is 9.70. The van der Waals surface area contributed by atoms with E-state index in [1.54, 1.807) is 0 Å². The van der Waals surface area contributed by atoms with Crippen LogP contribution in [0.3, 0.4) is 0 Å². The highest BCUT2D eigenvalue weighted by Gasteiger charge is 2.44. The molecule has 0 saturated heterocycles. The molecule has 3 heteroatoms. The Bertz CT molecular complexity index is 756. The second-order valence-corrected chi connectivity index (χ2v) is 7.18. The highest BCUT2D eigenvalue weighted by molar-refractivity contribution is 6.03. The predicted molar refractivity (Wildman–Crippen MR) is 105 cm³/mol. The summed E-state index contributed by atoms with van der Waals surface area (Å²) in [5.41, 5.74) is 3.04. The smallest absolute Gasteiger partial charge is 0.232 e. The van der Waals surface area contributed by atoms with Crippen LogP contribution in [0.15, 0.2) is 67.3 Å². The average molecular weight is 334 g/mol. The van der Waals surface area contributed by atoms with Crippen LogP contribution in [0.2, 0.25) is 0 Å². The second kappa shape index (κ2) is 7.14. The second-order valence-electron chi connectivity index (χ2n) is 7.18. The maximum absolute atomic E-state index is 12.8. The molecule has 2 aromatic rings. The minimum atomic E-state index is -0.185. The third-order valence-corrected chi connectivity index (χ3v) is 5.20. The molecule has 0 spiro atoms. The summed E-state index contributed by atoms with van der Waals surface area (Å²) in [4.78, 5) is 15.1. The van der Waals surface area contributed by atoms with Crippen LogP contribution < -0.4 is 10.2 Å². The topological polar surface area (TPSA) is 32.3 Å². The van der Waals surface area contributed by atoms with Gasteiger partial charge in [0.15, 0.2) is 0 Å². The molecule has 2 atom stereocenters. The molecule has 1 heterocycles. The third-order valence-electron chi connectivity index (χ3n) is 5.20. The van der Waals surface area contributed by atoms with Crippen LogP contribution in [0.5, 0.6) is 0 Å². The maximum atomic E-state index is 12.8. The number of anilines is 2. The Balaban J connectivity index is 1.93. The normalized spacial score (nSPS) is 18.2. The number of allylic oxidation sites excluding steroid dienone is 1. The van der Waals surface area contributed by atoms with Gasteiger partial charge in [0.05, 0.1) is 5.92 Å². The first kappa shape index (κ1) is 17.3. The van der Waals surface area contributed by atoms with Gasteiger partial charge in [-0.05, 0) is 36.6 Å². The molecule has 3 nitrogen and oxygen atoms in total. The van der Waals surface area contributed by atoms with Crippen molar-refractivity contribution in [3.63, 3.8) is 0 Å². The van der Waals surface area contributed by atoms with Crippen LogP contribution in [0.25, 0.3) is 0 Å². The number of carbonyl (C=O) groups is 1. The molecule has 130 valence electrons. The summed E-state index contributed by atoms with van der Waals surface area (Å²) in [6.45, 7) is 6.90. The number of benzene rings is 2. The number of nitrogens with one attached hydrogen (secondary N) is 1. The summed E-state index contributed by atoms with van der Waals surface area (Å²) in [5, 5.41) is 3.06. The monoisotopic (exact) mass is 334 g/mol. The first-order chi connectivity index (χ1) is 12.0. The Morgan fingerprint density at radius 2 is 1.84 bits per heavy atom. The van der Waals surface area contributed by atoms with E-state index in [0.717, 1.165) is 30.6 Å². The summed E-state index contributed by atoms with van der Waals surface area (Å²) in [5.74, 6) is -0.0379. The van der Waals surface area contributed by atoms with E-state index in [1.165, 1.54) is 5.69 Å². The van der Waals surface area contributed by atoms with E-state index in [-0.39, 0.29) is 17.2 Å². The molecule has 0 fully saturated rings.